The number of hydrogen-bond acceptors (Lipinski definition) is 4. The molecule has 1 aliphatic carbocycles. The van der Waals surface area contributed by atoms with Crippen LogP contribution in [-0.2, 0) is 10.0 Å². The maximum atomic E-state index is 13.3. The molecule has 0 unspecified atom stereocenters. The molecule has 1 aromatic heterocycles. The van der Waals surface area contributed by atoms with E-state index in [1.165, 1.54) is 12.1 Å². The SMILES string of the molecule is O=c1c2ccccc2nc(NS(=O)(=O)c2ccccc2)n1C1CCCCCC1. The van der Waals surface area contributed by atoms with E-state index in [9.17, 15) is 13.2 Å². The second kappa shape index (κ2) is 7.75. The van der Waals surface area contributed by atoms with Crippen LogP contribution in [0.25, 0.3) is 10.9 Å². The average molecular weight is 398 g/mol. The van der Waals surface area contributed by atoms with Crippen molar-refractivity contribution in [2.24, 2.45) is 0 Å². The predicted molar refractivity (Wildman–Crippen MR) is 110 cm³/mol. The van der Waals surface area contributed by atoms with Crippen molar-refractivity contribution in [1.29, 1.82) is 0 Å². The first-order valence-corrected chi connectivity index (χ1v) is 11.1. The predicted octanol–water partition coefficient (Wildman–Crippen LogP) is 4.09. The zero-order chi connectivity index (χ0) is 19.6. The molecular formula is C21H23N3O3S. The van der Waals surface area contributed by atoms with Gasteiger partial charge in [0.1, 0.15) is 0 Å². The second-order valence-electron chi connectivity index (χ2n) is 7.19. The minimum atomic E-state index is -3.84. The number of nitrogens with one attached hydrogen (secondary N) is 1. The molecule has 1 fully saturated rings. The fourth-order valence-corrected chi connectivity index (χ4v) is 4.87. The molecule has 0 bridgehead atoms. The van der Waals surface area contributed by atoms with Gasteiger partial charge in [0.05, 0.1) is 15.8 Å². The molecule has 0 spiro atoms. The first-order chi connectivity index (χ1) is 13.6. The number of aromatic nitrogens is 2. The Balaban J connectivity index is 1.86. The van der Waals surface area contributed by atoms with Gasteiger partial charge in [-0.15, -0.1) is 0 Å². The Morgan fingerprint density at radius 2 is 1.54 bits per heavy atom. The Labute approximate surface area is 164 Å². The lowest BCUT2D eigenvalue weighted by Crippen LogP contribution is -2.30. The van der Waals surface area contributed by atoms with Crippen LogP contribution >= 0.6 is 0 Å². The zero-order valence-corrected chi connectivity index (χ0v) is 16.4. The summed E-state index contributed by atoms with van der Waals surface area (Å²) in [7, 11) is -3.84. The lowest BCUT2D eigenvalue weighted by atomic mass is 10.1. The van der Waals surface area contributed by atoms with Crippen LogP contribution in [0.2, 0.25) is 0 Å². The van der Waals surface area contributed by atoms with Gasteiger partial charge >= 0.3 is 0 Å². The van der Waals surface area contributed by atoms with Crippen molar-refractivity contribution < 1.29 is 8.42 Å². The Bertz CT molecular complexity index is 1130. The molecule has 6 nitrogen and oxygen atoms in total. The summed E-state index contributed by atoms with van der Waals surface area (Å²) in [6.45, 7) is 0. The molecular weight excluding hydrogens is 374 g/mol. The minimum absolute atomic E-state index is 0.0550. The Kier molecular flexibility index (Phi) is 5.17. The molecule has 0 saturated heterocycles. The summed E-state index contributed by atoms with van der Waals surface area (Å²) in [6.07, 6.45) is 6.01. The van der Waals surface area contributed by atoms with Gasteiger partial charge in [-0.2, -0.15) is 0 Å². The standard InChI is InChI=1S/C21H23N3O3S/c25-20-18-14-8-9-15-19(18)22-21(24(20)16-10-4-1-2-5-11-16)23-28(26,27)17-12-6-3-7-13-17/h3,6-9,12-16H,1-2,4-5,10-11H2,(H,22,23). The van der Waals surface area contributed by atoms with E-state index in [4.69, 9.17) is 0 Å². The monoisotopic (exact) mass is 397 g/mol. The molecule has 1 aliphatic rings. The molecule has 4 rings (SSSR count). The van der Waals surface area contributed by atoms with Crippen LogP contribution in [0.15, 0.2) is 64.3 Å². The molecule has 146 valence electrons. The number of hydrogen-bond donors (Lipinski definition) is 1. The third kappa shape index (κ3) is 3.67. The van der Waals surface area contributed by atoms with Gasteiger partial charge in [0.25, 0.3) is 15.6 Å². The van der Waals surface area contributed by atoms with Crippen LogP contribution in [-0.4, -0.2) is 18.0 Å². The third-order valence-electron chi connectivity index (χ3n) is 5.28. The number of nitrogens with zero attached hydrogens (tertiary/aromatic N) is 2. The first-order valence-electron chi connectivity index (χ1n) is 9.65. The molecule has 0 amide bonds. The third-order valence-corrected chi connectivity index (χ3v) is 6.62. The van der Waals surface area contributed by atoms with Gasteiger partial charge in [0, 0.05) is 6.04 Å². The highest BCUT2D eigenvalue weighted by atomic mass is 32.2. The van der Waals surface area contributed by atoms with Crippen LogP contribution in [0.4, 0.5) is 5.95 Å². The normalized spacial score (nSPS) is 16.0. The Morgan fingerprint density at radius 1 is 0.893 bits per heavy atom. The van der Waals surface area contributed by atoms with E-state index in [1.54, 1.807) is 47.0 Å². The maximum absolute atomic E-state index is 13.3. The van der Waals surface area contributed by atoms with E-state index >= 15 is 0 Å². The van der Waals surface area contributed by atoms with Gasteiger partial charge in [0.2, 0.25) is 5.95 Å². The van der Waals surface area contributed by atoms with Gasteiger partial charge in [-0.1, -0.05) is 56.0 Å². The first kappa shape index (κ1) is 18.7. The van der Waals surface area contributed by atoms with Crippen molar-refractivity contribution in [2.45, 2.75) is 49.5 Å². The summed E-state index contributed by atoms with van der Waals surface area (Å²) >= 11 is 0. The Hall–Kier alpha value is -2.67. The van der Waals surface area contributed by atoms with Crippen molar-refractivity contribution in [3.05, 3.63) is 65.0 Å². The minimum Gasteiger partial charge on any atom is -0.274 e. The molecule has 1 saturated carbocycles. The smallest absolute Gasteiger partial charge is 0.264 e. The second-order valence-corrected chi connectivity index (χ2v) is 8.87. The molecule has 0 radical (unpaired) electrons. The van der Waals surface area contributed by atoms with Gasteiger partial charge in [0.15, 0.2) is 0 Å². The van der Waals surface area contributed by atoms with Crippen molar-refractivity contribution >= 4 is 26.9 Å². The summed E-state index contributed by atoms with van der Waals surface area (Å²) < 4.78 is 29.9. The van der Waals surface area contributed by atoms with Crippen molar-refractivity contribution in [3.63, 3.8) is 0 Å². The van der Waals surface area contributed by atoms with E-state index in [0.717, 1.165) is 38.5 Å². The zero-order valence-electron chi connectivity index (χ0n) is 15.5. The summed E-state index contributed by atoms with van der Waals surface area (Å²) in [5, 5.41) is 0.509. The quantitative estimate of drug-likeness (QED) is 0.672. The number of benzene rings is 2. The number of anilines is 1. The van der Waals surface area contributed by atoms with E-state index in [1.807, 2.05) is 0 Å². The highest BCUT2D eigenvalue weighted by Crippen LogP contribution is 2.29. The molecule has 7 heteroatoms. The van der Waals surface area contributed by atoms with E-state index in [0.29, 0.717) is 10.9 Å². The van der Waals surface area contributed by atoms with Gasteiger partial charge < -0.3 is 0 Å². The molecule has 3 aromatic rings. The van der Waals surface area contributed by atoms with Crippen LogP contribution in [0, 0.1) is 0 Å². The van der Waals surface area contributed by atoms with E-state index < -0.39 is 10.0 Å². The summed E-state index contributed by atoms with van der Waals surface area (Å²) in [6, 6.07) is 15.2. The average Bonchev–Trinajstić information content (AvgIpc) is 2.98. The number of rotatable bonds is 4. The fraction of sp³-hybridized carbons (Fsp3) is 0.333. The number of sulfonamides is 1. The van der Waals surface area contributed by atoms with Crippen LogP contribution < -0.4 is 10.3 Å². The summed E-state index contributed by atoms with van der Waals surface area (Å²) in [4.78, 5) is 17.9. The van der Waals surface area contributed by atoms with Crippen molar-refractivity contribution in [3.8, 4) is 0 Å². The fourth-order valence-electron chi connectivity index (χ4n) is 3.85. The lowest BCUT2D eigenvalue weighted by molar-refractivity contribution is 0.436. The van der Waals surface area contributed by atoms with Gasteiger partial charge in [-0.3, -0.25) is 9.36 Å². The van der Waals surface area contributed by atoms with Crippen LogP contribution in [0.3, 0.4) is 0 Å². The molecule has 1 heterocycles. The van der Waals surface area contributed by atoms with Crippen LogP contribution in [0.1, 0.15) is 44.6 Å². The van der Waals surface area contributed by atoms with Crippen molar-refractivity contribution in [2.75, 3.05) is 4.72 Å². The van der Waals surface area contributed by atoms with E-state index in [2.05, 4.69) is 9.71 Å². The maximum Gasteiger partial charge on any atom is 0.264 e. The molecule has 0 aliphatic heterocycles. The van der Waals surface area contributed by atoms with Crippen LogP contribution in [0.5, 0.6) is 0 Å². The molecule has 0 atom stereocenters. The number of para-hydroxylation sites is 1. The van der Waals surface area contributed by atoms with Gasteiger partial charge in [-0.25, -0.2) is 18.1 Å². The topological polar surface area (TPSA) is 81.1 Å². The molecule has 28 heavy (non-hydrogen) atoms. The highest BCUT2D eigenvalue weighted by molar-refractivity contribution is 7.92. The summed E-state index contributed by atoms with van der Waals surface area (Å²) in [5.41, 5.74) is 0.298. The largest absolute Gasteiger partial charge is 0.274 e. The molecule has 1 N–H and O–H groups in total. The van der Waals surface area contributed by atoms with E-state index in [-0.39, 0.29) is 22.4 Å². The van der Waals surface area contributed by atoms with Crippen molar-refractivity contribution in [1.82, 2.24) is 9.55 Å². The number of fused-ring (bicyclic) bond motifs is 1. The highest BCUT2D eigenvalue weighted by Gasteiger charge is 2.24. The Morgan fingerprint density at radius 3 is 2.25 bits per heavy atom. The van der Waals surface area contributed by atoms with Gasteiger partial charge in [-0.05, 0) is 37.1 Å². The lowest BCUT2D eigenvalue weighted by Gasteiger charge is -2.22. The summed E-state index contributed by atoms with van der Waals surface area (Å²) in [5.74, 6) is 0.0967. The molecule has 2 aromatic carbocycles.